The van der Waals surface area contributed by atoms with Crippen molar-refractivity contribution in [1.82, 2.24) is 4.90 Å². The van der Waals surface area contributed by atoms with Crippen LogP contribution in [-0.2, 0) is 11.0 Å². The van der Waals surface area contributed by atoms with E-state index in [-0.39, 0.29) is 31.2 Å². The first kappa shape index (κ1) is 24.4. The van der Waals surface area contributed by atoms with Gasteiger partial charge in [0, 0.05) is 19.5 Å². The number of alkyl halides is 3. The fraction of sp³-hybridized carbons (Fsp3) is 0.316. The molecular weight excluding hydrogens is 390 g/mol. The van der Waals surface area contributed by atoms with Crippen molar-refractivity contribution in [2.24, 2.45) is 0 Å². The van der Waals surface area contributed by atoms with E-state index >= 15 is 0 Å². The third-order valence-corrected chi connectivity index (χ3v) is 4.19. The Morgan fingerprint density at radius 1 is 1.21 bits per heavy atom. The Balaban J connectivity index is 0.00000392. The van der Waals surface area contributed by atoms with Gasteiger partial charge in [-0.25, -0.2) is 0 Å². The predicted molar refractivity (Wildman–Crippen MR) is 93.4 cm³/mol. The minimum Gasteiger partial charge on any atom is -0.549 e. The van der Waals surface area contributed by atoms with Crippen LogP contribution in [0.15, 0.2) is 48.5 Å². The van der Waals surface area contributed by atoms with Gasteiger partial charge in [0.05, 0.1) is 16.6 Å². The number of aliphatic carboxylic acids is 1. The zero-order valence-electron chi connectivity index (χ0n) is 15.5. The summed E-state index contributed by atoms with van der Waals surface area (Å²) in [6.45, 7) is 0.105. The second kappa shape index (κ2) is 10.8. The van der Waals surface area contributed by atoms with Crippen molar-refractivity contribution >= 4 is 17.6 Å². The molecule has 9 heteroatoms. The summed E-state index contributed by atoms with van der Waals surface area (Å²) in [6, 6.07) is 12.4. The molecule has 1 atom stereocenters. The summed E-state index contributed by atoms with van der Waals surface area (Å²) in [5.41, 5.74) is -0.203. The summed E-state index contributed by atoms with van der Waals surface area (Å²) in [4.78, 5) is 12.2. The van der Waals surface area contributed by atoms with Crippen molar-refractivity contribution in [3.63, 3.8) is 0 Å². The van der Waals surface area contributed by atoms with Gasteiger partial charge in [-0.1, -0.05) is 41.9 Å². The number of carboxylic acid groups (broad SMARTS) is 1. The quantitative estimate of drug-likeness (QED) is 0.600. The summed E-state index contributed by atoms with van der Waals surface area (Å²) in [6.07, 6.45) is -4.77. The second-order valence-corrected chi connectivity index (χ2v) is 6.46. The maximum absolute atomic E-state index is 13.1. The van der Waals surface area contributed by atoms with E-state index in [1.807, 2.05) is 6.07 Å². The van der Waals surface area contributed by atoms with Gasteiger partial charge in [-0.05, 0) is 30.8 Å². The molecule has 0 saturated heterocycles. The van der Waals surface area contributed by atoms with Gasteiger partial charge < -0.3 is 19.5 Å². The third-order valence-electron chi connectivity index (χ3n) is 3.86. The number of carbonyl (C=O) groups excluding carboxylic acids is 1. The van der Waals surface area contributed by atoms with E-state index < -0.39 is 28.8 Å². The van der Waals surface area contributed by atoms with E-state index in [9.17, 15) is 23.1 Å². The summed E-state index contributed by atoms with van der Waals surface area (Å²) in [5.74, 6) is -1.18. The number of rotatable bonds is 8. The molecule has 0 fully saturated rings. The van der Waals surface area contributed by atoms with Gasteiger partial charge in [0.25, 0.3) is 0 Å². The molecule has 146 valence electrons. The average molecular weight is 408 g/mol. The minimum atomic E-state index is -4.59. The number of likely N-dealkylation sites (N-methyl/N-ethyl adjacent to an activating group) is 1. The van der Waals surface area contributed by atoms with E-state index in [0.717, 1.165) is 17.7 Å². The van der Waals surface area contributed by atoms with E-state index in [0.29, 0.717) is 13.0 Å². The predicted octanol–water partition coefficient (Wildman–Crippen LogP) is 0.555. The molecular formula is C19H18ClF3LiNO3. The van der Waals surface area contributed by atoms with Crippen molar-refractivity contribution in [2.75, 3.05) is 20.1 Å². The van der Waals surface area contributed by atoms with E-state index in [4.69, 9.17) is 16.3 Å². The Morgan fingerprint density at radius 3 is 2.43 bits per heavy atom. The SMILES string of the molecule is CN(CCC(Oc1ccc(Cl)c(C(F)(F)F)c1)c1ccccc1)CC(=O)[O-].[Li+]. The molecule has 0 radical (unpaired) electrons. The number of ether oxygens (including phenoxy) is 1. The molecule has 0 aliphatic carbocycles. The maximum atomic E-state index is 13.1. The van der Waals surface area contributed by atoms with Crippen LogP contribution in [0.3, 0.4) is 0 Å². The van der Waals surface area contributed by atoms with Crippen LogP contribution in [0.5, 0.6) is 5.75 Å². The fourth-order valence-electron chi connectivity index (χ4n) is 2.56. The standard InChI is InChI=1S/C19H19ClF3NO3.Li/c1-24(12-18(25)26)10-9-17(13-5-3-2-4-6-13)27-14-7-8-16(20)15(11-14)19(21,22)23;/h2-8,11,17H,9-10,12H2,1H3,(H,25,26);/q;+1/p-1. The number of carboxylic acids is 1. The molecule has 0 aromatic heterocycles. The molecule has 0 saturated carbocycles. The van der Waals surface area contributed by atoms with Crippen LogP contribution in [0.1, 0.15) is 23.7 Å². The fourth-order valence-corrected chi connectivity index (χ4v) is 2.78. The van der Waals surface area contributed by atoms with Gasteiger partial charge in [-0.3, -0.25) is 0 Å². The smallest absolute Gasteiger partial charge is 0.549 e. The van der Waals surface area contributed by atoms with E-state index in [1.165, 1.54) is 11.0 Å². The average Bonchev–Trinajstić information content (AvgIpc) is 2.59. The summed E-state index contributed by atoms with van der Waals surface area (Å²) < 4.78 is 45.0. The molecule has 1 unspecified atom stereocenters. The molecule has 0 heterocycles. The van der Waals surface area contributed by atoms with Gasteiger partial charge in [0.15, 0.2) is 0 Å². The maximum Gasteiger partial charge on any atom is 1.00 e. The zero-order chi connectivity index (χ0) is 20.0. The molecule has 0 aliphatic rings. The first-order valence-corrected chi connectivity index (χ1v) is 8.51. The zero-order valence-corrected chi connectivity index (χ0v) is 16.3. The van der Waals surface area contributed by atoms with Crippen LogP contribution >= 0.6 is 11.6 Å². The van der Waals surface area contributed by atoms with Gasteiger partial charge in [-0.2, -0.15) is 13.2 Å². The molecule has 2 aromatic rings. The van der Waals surface area contributed by atoms with Crippen LogP contribution < -0.4 is 28.7 Å². The largest absolute Gasteiger partial charge is 1.00 e. The van der Waals surface area contributed by atoms with Crippen molar-refractivity contribution in [1.29, 1.82) is 0 Å². The van der Waals surface area contributed by atoms with Crippen molar-refractivity contribution in [2.45, 2.75) is 18.7 Å². The molecule has 0 amide bonds. The topological polar surface area (TPSA) is 52.6 Å². The van der Waals surface area contributed by atoms with E-state index in [2.05, 4.69) is 0 Å². The minimum absolute atomic E-state index is 0. The Labute approximate surface area is 178 Å². The normalized spacial score (nSPS) is 12.4. The molecule has 4 nitrogen and oxygen atoms in total. The Morgan fingerprint density at radius 2 is 1.86 bits per heavy atom. The van der Waals surface area contributed by atoms with Gasteiger partial charge in [0.2, 0.25) is 0 Å². The molecule has 28 heavy (non-hydrogen) atoms. The number of hydrogen-bond donors (Lipinski definition) is 0. The van der Waals surface area contributed by atoms with Crippen LogP contribution in [0.25, 0.3) is 0 Å². The summed E-state index contributed by atoms with van der Waals surface area (Å²) >= 11 is 5.64. The Hall–Kier alpha value is -1.65. The third kappa shape index (κ3) is 7.40. The number of hydrogen-bond acceptors (Lipinski definition) is 4. The van der Waals surface area contributed by atoms with Gasteiger partial charge in [0.1, 0.15) is 11.9 Å². The first-order valence-electron chi connectivity index (χ1n) is 8.13. The van der Waals surface area contributed by atoms with Gasteiger partial charge >= 0.3 is 25.0 Å². The first-order chi connectivity index (χ1) is 12.7. The Bertz CT molecular complexity index is 775. The number of nitrogens with zero attached hydrogens (tertiary/aromatic N) is 1. The van der Waals surface area contributed by atoms with Crippen LogP contribution in [0.4, 0.5) is 13.2 Å². The monoisotopic (exact) mass is 407 g/mol. The molecule has 0 aliphatic heterocycles. The molecule has 0 N–H and O–H groups in total. The van der Waals surface area contributed by atoms with Crippen molar-refractivity contribution < 1.29 is 46.7 Å². The van der Waals surface area contributed by atoms with Crippen LogP contribution in [0.2, 0.25) is 5.02 Å². The molecule has 0 spiro atoms. The molecule has 2 aromatic carbocycles. The molecule has 2 rings (SSSR count). The number of carbonyl (C=O) groups is 1. The van der Waals surface area contributed by atoms with Crippen molar-refractivity contribution in [3.05, 3.63) is 64.7 Å². The molecule has 0 bridgehead atoms. The summed E-state index contributed by atoms with van der Waals surface area (Å²) in [7, 11) is 1.61. The Kier molecular flexibility index (Phi) is 9.38. The summed E-state index contributed by atoms with van der Waals surface area (Å²) in [5, 5.41) is 10.3. The van der Waals surface area contributed by atoms with Crippen molar-refractivity contribution in [3.8, 4) is 5.75 Å². The van der Waals surface area contributed by atoms with Crippen LogP contribution in [-0.4, -0.2) is 31.0 Å². The van der Waals surface area contributed by atoms with E-state index in [1.54, 1.807) is 31.3 Å². The van der Waals surface area contributed by atoms with Crippen LogP contribution in [0, 0.1) is 0 Å². The number of benzene rings is 2. The van der Waals surface area contributed by atoms with Gasteiger partial charge in [-0.15, -0.1) is 0 Å². The second-order valence-electron chi connectivity index (χ2n) is 6.06. The number of halogens is 4.